The lowest BCUT2D eigenvalue weighted by molar-refractivity contribution is -0.120. The van der Waals surface area contributed by atoms with E-state index in [2.05, 4.69) is 21.8 Å². The number of carbonyl (C=O) groups is 1. The molecule has 1 aliphatic carbocycles. The number of aryl methyl sites for hydroxylation is 2. The Bertz CT molecular complexity index is 1120. The first-order valence-corrected chi connectivity index (χ1v) is 11.6. The number of hydrogen-bond acceptors (Lipinski definition) is 4. The Balaban J connectivity index is 1.43. The van der Waals surface area contributed by atoms with Gasteiger partial charge in [0.15, 0.2) is 5.84 Å². The molecule has 0 bridgehead atoms. The summed E-state index contributed by atoms with van der Waals surface area (Å²) in [6.07, 6.45) is 5.84. The lowest BCUT2D eigenvalue weighted by Gasteiger charge is -2.36. The Hall–Kier alpha value is -2.67. The highest BCUT2D eigenvalue weighted by atomic mass is 32.2. The van der Waals surface area contributed by atoms with Crippen LogP contribution in [0.3, 0.4) is 0 Å². The third-order valence-electron chi connectivity index (χ3n) is 6.06. The monoisotopic (exact) mass is 409 g/mol. The maximum atomic E-state index is 13.2. The molecule has 1 N–H and O–H groups in total. The van der Waals surface area contributed by atoms with Crippen LogP contribution in [0.1, 0.15) is 42.4 Å². The van der Waals surface area contributed by atoms with Crippen LogP contribution in [0, 0.1) is 0 Å². The molecule has 1 amide bonds. The van der Waals surface area contributed by atoms with E-state index in [1.165, 1.54) is 11.1 Å². The molecular formula is C22H23N3O3S. The Kier molecular flexibility index (Phi) is 4.42. The van der Waals surface area contributed by atoms with Gasteiger partial charge in [-0.3, -0.25) is 4.79 Å². The van der Waals surface area contributed by atoms with Crippen molar-refractivity contribution in [3.63, 3.8) is 0 Å². The summed E-state index contributed by atoms with van der Waals surface area (Å²) in [5, 5.41) is 3.05. The normalized spacial score (nSPS) is 22.0. The van der Waals surface area contributed by atoms with Crippen molar-refractivity contribution in [2.45, 2.75) is 49.5 Å². The number of nitrogens with zero attached hydrogens (tertiary/aromatic N) is 2. The zero-order valence-corrected chi connectivity index (χ0v) is 16.9. The second-order valence-electron chi connectivity index (χ2n) is 7.92. The van der Waals surface area contributed by atoms with Crippen molar-refractivity contribution < 1.29 is 13.2 Å². The van der Waals surface area contributed by atoms with Crippen LogP contribution in [0.4, 0.5) is 5.69 Å². The lowest BCUT2D eigenvalue weighted by atomic mass is 9.99. The van der Waals surface area contributed by atoms with Gasteiger partial charge in [0.25, 0.3) is 10.0 Å². The Morgan fingerprint density at radius 3 is 2.76 bits per heavy atom. The molecule has 2 heterocycles. The predicted molar refractivity (Wildman–Crippen MR) is 112 cm³/mol. The summed E-state index contributed by atoms with van der Waals surface area (Å²) in [4.78, 5) is 15.2. The average molecular weight is 410 g/mol. The first-order valence-electron chi connectivity index (χ1n) is 10.2. The third kappa shape index (κ3) is 3.23. The Labute approximate surface area is 170 Å². The minimum atomic E-state index is -3.70. The SMILES string of the molecule is O=C(Nc1ccc2c(c1)CCC2)[C@@H]1CCCCN1C1=NS(=O)(=O)c2ccccc21. The average Bonchev–Trinajstić information content (AvgIpc) is 3.30. The van der Waals surface area contributed by atoms with Gasteiger partial charge in [0.2, 0.25) is 5.91 Å². The van der Waals surface area contributed by atoms with Crippen LogP contribution in [0.5, 0.6) is 0 Å². The van der Waals surface area contributed by atoms with E-state index >= 15 is 0 Å². The van der Waals surface area contributed by atoms with E-state index < -0.39 is 16.1 Å². The maximum absolute atomic E-state index is 13.2. The van der Waals surface area contributed by atoms with Crippen molar-refractivity contribution in [2.24, 2.45) is 4.40 Å². The van der Waals surface area contributed by atoms with E-state index in [9.17, 15) is 13.2 Å². The fraction of sp³-hybridized carbons (Fsp3) is 0.364. The second-order valence-corrected chi connectivity index (χ2v) is 9.49. The summed E-state index contributed by atoms with van der Waals surface area (Å²) in [5.74, 6) is 0.293. The first kappa shape index (κ1) is 18.4. The predicted octanol–water partition coefficient (Wildman–Crippen LogP) is 3.12. The van der Waals surface area contributed by atoms with Crippen LogP contribution in [-0.4, -0.2) is 37.6 Å². The number of rotatable bonds is 2. The second kappa shape index (κ2) is 6.99. The number of fused-ring (bicyclic) bond motifs is 2. The Morgan fingerprint density at radius 1 is 1.03 bits per heavy atom. The van der Waals surface area contributed by atoms with Gasteiger partial charge in [0.05, 0.1) is 0 Å². The first-order chi connectivity index (χ1) is 14.0. The molecule has 7 heteroatoms. The molecule has 0 saturated carbocycles. The molecule has 2 aromatic rings. The van der Waals surface area contributed by atoms with Gasteiger partial charge in [-0.15, -0.1) is 4.40 Å². The van der Waals surface area contributed by atoms with E-state index in [4.69, 9.17) is 0 Å². The van der Waals surface area contributed by atoms with Gasteiger partial charge >= 0.3 is 0 Å². The van der Waals surface area contributed by atoms with E-state index in [0.717, 1.165) is 37.8 Å². The quantitative estimate of drug-likeness (QED) is 0.827. The molecule has 0 radical (unpaired) electrons. The third-order valence-corrected chi connectivity index (χ3v) is 7.38. The fourth-order valence-electron chi connectivity index (χ4n) is 4.63. The Morgan fingerprint density at radius 2 is 1.86 bits per heavy atom. The molecule has 3 aliphatic rings. The molecule has 2 aromatic carbocycles. The number of sulfonamides is 1. The van der Waals surface area contributed by atoms with E-state index in [0.29, 0.717) is 24.4 Å². The van der Waals surface area contributed by atoms with Gasteiger partial charge in [-0.05, 0) is 73.9 Å². The smallest absolute Gasteiger partial charge is 0.285 e. The minimum absolute atomic E-state index is 0.105. The van der Waals surface area contributed by atoms with E-state index in [1.807, 2.05) is 11.0 Å². The van der Waals surface area contributed by atoms with Crippen LogP contribution in [0.25, 0.3) is 0 Å². The number of benzene rings is 2. The summed E-state index contributed by atoms with van der Waals surface area (Å²) < 4.78 is 29.0. The van der Waals surface area contributed by atoms with Crippen molar-refractivity contribution in [3.8, 4) is 0 Å². The van der Waals surface area contributed by atoms with Crippen molar-refractivity contribution in [1.82, 2.24) is 4.90 Å². The number of anilines is 1. The van der Waals surface area contributed by atoms with Gasteiger partial charge in [-0.1, -0.05) is 18.2 Å². The fourth-order valence-corrected chi connectivity index (χ4v) is 5.85. The van der Waals surface area contributed by atoms with Gasteiger partial charge < -0.3 is 10.2 Å². The van der Waals surface area contributed by atoms with Gasteiger partial charge in [-0.25, -0.2) is 0 Å². The number of amidine groups is 1. The minimum Gasteiger partial charge on any atom is -0.343 e. The molecule has 2 aliphatic heterocycles. The molecule has 0 aromatic heterocycles. The lowest BCUT2D eigenvalue weighted by Crippen LogP contribution is -2.50. The molecule has 1 atom stereocenters. The van der Waals surface area contributed by atoms with E-state index in [-0.39, 0.29) is 10.8 Å². The van der Waals surface area contributed by atoms with E-state index in [1.54, 1.807) is 24.3 Å². The largest absolute Gasteiger partial charge is 0.343 e. The summed E-state index contributed by atoms with van der Waals surface area (Å²) in [5.41, 5.74) is 4.07. The van der Waals surface area contributed by atoms with Crippen LogP contribution >= 0.6 is 0 Å². The number of likely N-dealkylation sites (tertiary alicyclic amines) is 1. The molecule has 1 fully saturated rings. The maximum Gasteiger partial charge on any atom is 0.285 e. The molecule has 0 unspecified atom stereocenters. The highest BCUT2D eigenvalue weighted by Crippen LogP contribution is 2.31. The molecule has 150 valence electrons. The molecule has 29 heavy (non-hydrogen) atoms. The summed E-state index contributed by atoms with van der Waals surface area (Å²) in [6.45, 7) is 0.616. The number of amides is 1. The van der Waals surface area contributed by atoms with Crippen LogP contribution < -0.4 is 5.32 Å². The van der Waals surface area contributed by atoms with Crippen LogP contribution in [0.2, 0.25) is 0 Å². The number of hydrogen-bond donors (Lipinski definition) is 1. The van der Waals surface area contributed by atoms with Crippen molar-refractivity contribution >= 4 is 27.5 Å². The molecule has 1 saturated heterocycles. The molecular weight excluding hydrogens is 386 g/mol. The molecule has 5 rings (SSSR count). The van der Waals surface area contributed by atoms with Gasteiger partial charge in [-0.2, -0.15) is 8.42 Å². The highest BCUT2D eigenvalue weighted by Gasteiger charge is 2.38. The molecule has 0 spiro atoms. The molecule has 6 nitrogen and oxygen atoms in total. The standard InChI is InChI=1S/C22H23N3O3S/c26-22(23-17-12-11-15-6-5-7-16(15)14-17)19-9-3-4-13-25(19)21-18-8-1-2-10-20(18)29(27,28)24-21/h1-2,8,10-12,14,19H,3-7,9,13H2,(H,23,26)/t19-/m0/s1. The summed E-state index contributed by atoms with van der Waals surface area (Å²) in [7, 11) is -3.70. The van der Waals surface area contributed by atoms with Crippen molar-refractivity contribution in [2.75, 3.05) is 11.9 Å². The number of carbonyl (C=O) groups excluding carboxylic acids is 1. The number of piperidine rings is 1. The van der Waals surface area contributed by atoms with Crippen LogP contribution in [0.15, 0.2) is 51.8 Å². The topological polar surface area (TPSA) is 78.8 Å². The highest BCUT2D eigenvalue weighted by molar-refractivity contribution is 7.90. The van der Waals surface area contributed by atoms with Crippen molar-refractivity contribution in [3.05, 3.63) is 59.2 Å². The zero-order valence-electron chi connectivity index (χ0n) is 16.1. The summed E-state index contributed by atoms with van der Waals surface area (Å²) >= 11 is 0. The zero-order chi connectivity index (χ0) is 20.0. The summed E-state index contributed by atoms with van der Waals surface area (Å²) in [6, 6.07) is 12.5. The van der Waals surface area contributed by atoms with Gasteiger partial charge in [0, 0.05) is 17.8 Å². The van der Waals surface area contributed by atoms with Crippen LogP contribution in [-0.2, 0) is 27.7 Å². The number of nitrogens with one attached hydrogen (secondary N) is 1. The van der Waals surface area contributed by atoms with Crippen molar-refractivity contribution in [1.29, 1.82) is 0 Å². The van der Waals surface area contributed by atoms with Gasteiger partial charge in [0.1, 0.15) is 10.9 Å².